The molecule has 4 rings (SSSR count). The van der Waals surface area contributed by atoms with Crippen LogP contribution in [0.2, 0.25) is 0 Å². The van der Waals surface area contributed by atoms with Crippen LogP contribution in [0.3, 0.4) is 0 Å². The van der Waals surface area contributed by atoms with Crippen molar-refractivity contribution >= 4 is 16.7 Å². The van der Waals surface area contributed by atoms with Crippen molar-refractivity contribution in [2.45, 2.75) is 0 Å². The summed E-state index contributed by atoms with van der Waals surface area (Å²) in [5, 5.41) is 10.4. The summed E-state index contributed by atoms with van der Waals surface area (Å²) in [5.41, 5.74) is 1.94. The van der Waals surface area contributed by atoms with Crippen molar-refractivity contribution in [2.75, 3.05) is 0 Å². The standard InChI is InChI=1S/C10H8N2.C10H7NO2.Ru/c1-3-7-11-9(5-1)10-6-2-4-8-12-10;12-10(13)9-8-4-2-1-3-7(8)5-6-11-9;/h1-8H;1-6H,(H,12,13);. The van der Waals surface area contributed by atoms with E-state index in [0.29, 0.717) is 5.39 Å². The largest absolute Gasteiger partial charge is 0.476 e. The summed E-state index contributed by atoms with van der Waals surface area (Å²) in [6.45, 7) is 0. The van der Waals surface area contributed by atoms with Gasteiger partial charge >= 0.3 is 5.97 Å². The fourth-order valence-electron chi connectivity index (χ4n) is 2.32. The Hall–Kier alpha value is -2.98. The molecule has 26 heavy (non-hydrogen) atoms. The van der Waals surface area contributed by atoms with Crippen LogP contribution in [0, 0.1) is 0 Å². The van der Waals surface area contributed by atoms with Gasteiger partial charge in [-0.15, -0.1) is 0 Å². The molecule has 0 saturated carbocycles. The number of carbonyl (C=O) groups is 1. The van der Waals surface area contributed by atoms with Gasteiger partial charge < -0.3 is 5.11 Å². The number of benzene rings is 1. The van der Waals surface area contributed by atoms with Crippen LogP contribution in [0.15, 0.2) is 85.3 Å². The third kappa shape index (κ3) is 4.77. The topological polar surface area (TPSA) is 76.0 Å². The maximum Gasteiger partial charge on any atom is 0.355 e. The number of nitrogens with zero attached hydrogens (tertiary/aromatic N) is 3. The molecular formula is C20H15N3O2Ru. The van der Waals surface area contributed by atoms with Crippen molar-refractivity contribution in [1.29, 1.82) is 0 Å². The summed E-state index contributed by atoms with van der Waals surface area (Å²) in [5.74, 6) is -0.989. The fraction of sp³-hybridized carbons (Fsp3) is 0. The first-order chi connectivity index (χ1) is 12.3. The number of carboxylic acid groups (broad SMARTS) is 1. The third-order valence-electron chi connectivity index (χ3n) is 3.47. The zero-order valence-electron chi connectivity index (χ0n) is 13.6. The zero-order chi connectivity index (χ0) is 17.5. The van der Waals surface area contributed by atoms with Gasteiger partial charge in [0.25, 0.3) is 0 Å². The molecule has 1 N–H and O–H groups in total. The quantitative estimate of drug-likeness (QED) is 0.485. The number of pyridine rings is 3. The smallest absolute Gasteiger partial charge is 0.355 e. The van der Waals surface area contributed by atoms with Gasteiger partial charge in [-0.2, -0.15) is 0 Å². The Morgan fingerprint density at radius 1 is 0.692 bits per heavy atom. The predicted molar refractivity (Wildman–Crippen MR) is 96.2 cm³/mol. The number of hydrogen-bond acceptors (Lipinski definition) is 4. The second-order valence-electron chi connectivity index (χ2n) is 5.12. The van der Waals surface area contributed by atoms with Crippen LogP contribution in [0.1, 0.15) is 10.5 Å². The first-order valence-electron chi connectivity index (χ1n) is 7.65. The molecule has 0 saturated heterocycles. The number of hydrogen-bond donors (Lipinski definition) is 1. The average Bonchev–Trinajstić information content (AvgIpc) is 2.69. The van der Waals surface area contributed by atoms with Crippen LogP contribution in [0.4, 0.5) is 0 Å². The SMILES string of the molecule is O=C(O)c1nccc2ccccc12.[Ru].c1ccc(-c2ccccn2)nc1. The van der Waals surface area contributed by atoms with Gasteiger partial charge in [-0.1, -0.05) is 36.4 Å². The van der Waals surface area contributed by atoms with Crippen molar-refractivity contribution in [2.24, 2.45) is 0 Å². The van der Waals surface area contributed by atoms with E-state index in [-0.39, 0.29) is 25.2 Å². The molecule has 130 valence electrons. The summed E-state index contributed by atoms with van der Waals surface area (Å²) in [6, 6.07) is 20.7. The molecule has 0 atom stereocenters. The molecule has 3 aromatic heterocycles. The van der Waals surface area contributed by atoms with Crippen LogP contribution < -0.4 is 0 Å². The van der Waals surface area contributed by atoms with Gasteiger partial charge in [0, 0.05) is 43.5 Å². The van der Waals surface area contributed by atoms with E-state index in [1.165, 1.54) is 6.20 Å². The van der Waals surface area contributed by atoms with Crippen molar-refractivity contribution in [3.8, 4) is 11.4 Å². The van der Waals surface area contributed by atoms with Gasteiger partial charge in [0.1, 0.15) is 0 Å². The second-order valence-corrected chi connectivity index (χ2v) is 5.12. The van der Waals surface area contributed by atoms with E-state index < -0.39 is 5.97 Å². The van der Waals surface area contributed by atoms with E-state index in [0.717, 1.165) is 16.8 Å². The molecule has 0 fully saturated rings. The molecule has 1 aromatic carbocycles. The number of aromatic carboxylic acids is 1. The van der Waals surface area contributed by atoms with Crippen molar-refractivity contribution in [3.05, 3.63) is 91.0 Å². The molecule has 4 aromatic rings. The van der Waals surface area contributed by atoms with Gasteiger partial charge in [-0.25, -0.2) is 9.78 Å². The Kier molecular flexibility index (Phi) is 7.06. The predicted octanol–water partition coefficient (Wildman–Crippen LogP) is 4.07. The van der Waals surface area contributed by atoms with Gasteiger partial charge in [0.2, 0.25) is 0 Å². The molecule has 0 aliphatic rings. The van der Waals surface area contributed by atoms with E-state index in [1.54, 1.807) is 30.6 Å². The van der Waals surface area contributed by atoms with Crippen LogP contribution >= 0.6 is 0 Å². The first-order valence-corrected chi connectivity index (χ1v) is 7.65. The molecule has 3 heterocycles. The van der Waals surface area contributed by atoms with Crippen LogP contribution in [0.25, 0.3) is 22.2 Å². The summed E-state index contributed by atoms with van der Waals surface area (Å²) in [7, 11) is 0. The minimum Gasteiger partial charge on any atom is -0.476 e. The van der Waals surface area contributed by atoms with Crippen LogP contribution in [-0.2, 0) is 19.5 Å². The fourth-order valence-corrected chi connectivity index (χ4v) is 2.32. The van der Waals surface area contributed by atoms with E-state index in [1.807, 2.05) is 48.5 Å². The van der Waals surface area contributed by atoms with E-state index in [9.17, 15) is 4.79 Å². The molecule has 0 amide bonds. The summed E-state index contributed by atoms with van der Waals surface area (Å²) >= 11 is 0. The van der Waals surface area contributed by atoms with Crippen LogP contribution in [-0.4, -0.2) is 26.0 Å². The monoisotopic (exact) mass is 431 g/mol. The van der Waals surface area contributed by atoms with E-state index in [2.05, 4.69) is 15.0 Å². The maximum absolute atomic E-state index is 10.8. The Morgan fingerprint density at radius 2 is 1.27 bits per heavy atom. The third-order valence-corrected chi connectivity index (χ3v) is 3.47. The zero-order valence-corrected chi connectivity index (χ0v) is 15.4. The number of fused-ring (bicyclic) bond motifs is 1. The molecule has 0 unspecified atom stereocenters. The Bertz CT molecular complexity index is 937. The number of rotatable bonds is 2. The molecule has 0 radical (unpaired) electrons. The summed E-state index contributed by atoms with van der Waals surface area (Å²) < 4.78 is 0. The van der Waals surface area contributed by atoms with Crippen LogP contribution in [0.5, 0.6) is 0 Å². The van der Waals surface area contributed by atoms with Crippen molar-refractivity contribution < 1.29 is 29.4 Å². The molecule has 0 bridgehead atoms. The molecule has 6 heteroatoms. The van der Waals surface area contributed by atoms with Crippen molar-refractivity contribution in [3.63, 3.8) is 0 Å². The van der Waals surface area contributed by atoms with Gasteiger partial charge in [0.05, 0.1) is 11.4 Å². The Morgan fingerprint density at radius 3 is 1.81 bits per heavy atom. The molecule has 0 aliphatic heterocycles. The van der Waals surface area contributed by atoms with Gasteiger partial charge in [-0.3, -0.25) is 9.97 Å². The summed E-state index contributed by atoms with van der Waals surface area (Å²) in [4.78, 5) is 22.9. The normalized spacial score (nSPS) is 9.54. The number of carboxylic acids is 1. The maximum atomic E-state index is 10.8. The Labute approximate surface area is 163 Å². The van der Waals surface area contributed by atoms with Gasteiger partial charge in [0.15, 0.2) is 5.69 Å². The summed E-state index contributed by atoms with van der Waals surface area (Å²) in [6.07, 6.45) is 5.04. The molecule has 0 aliphatic carbocycles. The van der Waals surface area contributed by atoms with E-state index in [4.69, 9.17) is 5.11 Å². The first kappa shape index (κ1) is 19.3. The van der Waals surface area contributed by atoms with E-state index >= 15 is 0 Å². The number of aromatic nitrogens is 3. The minimum atomic E-state index is -0.989. The Balaban J connectivity index is 0.000000180. The van der Waals surface area contributed by atoms with Gasteiger partial charge in [-0.05, 0) is 35.7 Å². The molecule has 5 nitrogen and oxygen atoms in total. The second kappa shape index (κ2) is 9.49. The van der Waals surface area contributed by atoms with Crippen molar-refractivity contribution in [1.82, 2.24) is 15.0 Å². The molecular weight excluding hydrogens is 415 g/mol. The average molecular weight is 430 g/mol. The minimum absolute atomic E-state index is 0. The molecule has 0 spiro atoms.